The number of hydrogen-bond acceptors (Lipinski definition) is 2. The molecule has 2 N–H and O–H groups in total. The number of amides is 3. The van der Waals surface area contributed by atoms with Crippen LogP contribution in [0, 0.1) is 13.8 Å². The number of rotatable bonds is 1. The Kier molecular flexibility index (Phi) is 3.44. The van der Waals surface area contributed by atoms with Crippen LogP contribution in [-0.2, 0) is 4.79 Å². The van der Waals surface area contributed by atoms with E-state index < -0.39 is 6.03 Å². The number of imide groups is 1. The molecule has 1 rings (SSSR count). The normalized spacial score (nSPS) is 9.53. The van der Waals surface area contributed by atoms with Crippen LogP contribution < -0.4 is 10.6 Å². The lowest BCUT2D eigenvalue weighted by Crippen LogP contribution is -2.32. The van der Waals surface area contributed by atoms with Gasteiger partial charge in [-0.15, -0.1) is 0 Å². The maximum Gasteiger partial charge on any atom is 0.325 e. The molecule has 4 heteroatoms. The Morgan fingerprint density at radius 2 is 1.87 bits per heavy atom. The Balaban J connectivity index is 2.76. The minimum atomic E-state index is -0.504. The van der Waals surface area contributed by atoms with Crippen molar-refractivity contribution in [1.82, 2.24) is 5.32 Å². The highest BCUT2D eigenvalue weighted by atomic mass is 16.2. The van der Waals surface area contributed by atoms with Crippen molar-refractivity contribution in [2.45, 2.75) is 20.8 Å². The summed E-state index contributed by atoms with van der Waals surface area (Å²) < 4.78 is 0. The van der Waals surface area contributed by atoms with E-state index in [0.717, 1.165) is 11.1 Å². The Labute approximate surface area is 88.7 Å². The Morgan fingerprint density at radius 1 is 1.20 bits per heavy atom. The largest absolute Gasteiger partial charge is 0.325 e. The predicted octanol–water partition coefficient (Wildman–Crippen LogP) is 1.97. The van der Waals surface area contributed by atoms with Crippen molar-refractivity contribution in [1.29, 1.82) is 0 Å². The van der Waals surface area contributed by atoms with Crippen molar-refractivity contribution < 1.29 is 9.59 Å². The lowest BCUT2D eigenvalue weighted by atomic mass is 10.1. The zero-order valence-electron chi connectivity index (χ0n) is 9.05. The molecule has 15 heavy (non-hydrogen) atoms. The molecule has 4 nitrogen and oxygen atoms in total. The molecule has 3 amide bonds. The van der Waals surface area contributed by atoms with Crippen molar-refractivity contribution >= 4 is 17.6 Å². The van der Waals surface area contributed by atoms with Crippen molar-refractivity contribution in [3.63, 3.8) is 0 Å². The highest BCUT2D eigenvalue weighted by molar-refractivity contribution is 6.00. The summed E-state index contributed by atoms with van der Waals surface area (Å²) in [7, 11) is 0. The van der Waals surface area contributed by atoms with Gasteiger partial charge in [0.25, 0.3) is 0 Å². The molecule has 0 aromatic heterocycles. The first-order chi connectivity index (χ1) is 6.99. The zero-order chi connectivity index (χ0) is 11.4. The molecule has 0 heterocycles. The van der Waals surface area contributed by atoms with Crippen LogP contribution in [0.15, 0.2) is 18.2 Å². The van der Waals surface area contributed by atoms with E-state index in [9.17, 15) is 9.59 Å². The fourth-order valence-corrected chi connectivity index (χ4v) is 1.18. The summed E-state index contributed by atoms with van der Waals surface area (Å²) >= 11 is 0. The summed E-state index contributed by atoms with van der Waals surface area (Å²) in [4.78, 5) is 21.9. The summed E-state index contributed by atoms with van der Waals surface area (Å²) in [5.74, 6) is -0.377. The minimum Gasteiger partial charge on any atom is -0.307 e. The van der Waals surface area contributed by atoms with Gasteiger partial charge >= 0.3 is 6.03 Å². The monoisotopic (exact) mass is 206 g/mol. The van der Waals surface area contributed by atoms with E-state index in [2.05, 4.69) is 10.6 Å². The van der Waals surface area contributed by atoms with Gasteiger partial charge in [0.15, 0.2) is 0 Å². The molecule has 80 valence electrons. The molecular weight excluding hydrogens is 192 g/mol. The lowest BCUT2D eigenvalue weighted by Gasteiger charge is -2.08. The lowest BCUT2D eigenvalue weighted by molar-refractivity contribution is -0.117. The molecule has 0 atom stereocenters. The van der Waals surface area contributed by atoms with Gasteiger partial charge in [-0.3, -0.25) is 10.1 Å². The number of carbonyl (C=O) groups excluding carboxylic acids is 2. The standard InChI is InChI=1S/C11H14N2O2/c1-7-4-5-8(2)10(6-7)13-11(15)12-9(3)14/h4-6H,1-3H3,(H2,12,13,14,15). The second kappa shape index (κ2) is 4.59. The van der Waals surface area contributed by atoms with Crippen molar-refractivity contribution in [3.05, 3.63) is 29.3 Å². The maximum absolute atomic E-state index is 11.2. The van der Waals surface area contributed by atoms with Crippen molar-refractivity contribution in [2.24, 2.45) is 0 Å². The third-order valence-corrected chi connectivity index (χ3v) is 1.93. The highest BCUT2D eigenvalue weighted by Crippen LogP contribution is 2.15. The van der Waals surface area contributed by atoms with E-state index in [1.165, 1.54) is 6.92 Å². The van der Waals surface area contributed by atoms with Gasteiger partial charge in [0, 0.05) is 12.6 Å². The average Bonchev–Trinajstić information content (AvgIpc) is 2.10. The Hall–Kier alpha value is -1.84. The quantitative estimate of drug-likeness (QED) is 0.738. The zero-order valence-corrected chi connectivity index (χ0v) is 9.05. The van der Waals surface area contributed by atoms with Crippen LogP contribution in [0.25, 0.3) is 0 Å². The minimum absolute atomic E-state index is 0.377. The average molecular weight is 206 g/mol. The number of aryl methyl sites for hydroxylation is 2. The third-order valence-electron chi connectivity index (χ3n) is 1.93. The van der Waals surface area contributed by atoms with Gasteiger partial charge in [-0.25, -0.2) is 4.79 Å². The van der Waals surface area contributed by atoms with Gasteiger partial charge in [0.1, 0.15) is 0 Å². The van der Waals surface area contributed by atoms with Gasteiger partial charge < -0.3 is 5.32 Å². The maximum atomic E-state index is 11.2. The van der Waals surface area contributed by atoms with Crippen LogP contribution in [-0.4, -0.2) is 11.9 Å². The fourth-order valence-electron chi connectivity index (χ4n) is 1.18. The topological polar surface area (TPSA) is 58.2 Å². The summed E-state index contributed by atoms with van der Waals surface area (Å²) in [6.07, 6.45) is 0. The van der Waals surface area contributed by atoms with E-state index in [4.69, 9.17) is 0 Å². The molecule has 0 aliphatic heterocycles. The van der Waals surface area contributed by atoms with Crippen LogP contribution in [0.5, 0.6) is 0 Å². The smallest absolute Gasteiger partial charge is 0.307 e. The molecule has 0 radical (unpaired) electrons. The van der Waals surface area contributed by atoms with Gasteiger partial charge in [-0.05, 0) is 31.0 Å². The van der Waals surface area contributed by atoms with Crippen LogP contribution >= 0.6 is 0 Å². The van der Waals surface area contributed by atoms with Gasteiger partial charge in [-0.2, -0.15) is 0 Å². The molecule has 0 aliphatic carbocycles. The predicted molar refractivity (Wildman–Crippen MR) is 58.8 cm³/mol. The molecule has 1 aromatic carbocycles. The molecule has 0 saturated carbocycles. The summed E-state index contributed by atoms with van der Waals surface area (Å²) in [6, 6.07) is 5.23. The van der Waals surface area contributed by atoms with E-state index >= 15 is 0 Å². The number of benzene rings is 1. The second-order valence-electron chi connectivity index (χ2n) is 3.45. The fraction of sp³-hybridized carbons (Fsp3) is 0.273. The first-order valence-corrected chi connectivity index (χ1v) is 4.65. The molecule has 0 bridgehead atoms. The molecule has 0 unspecified atom stereocenters. The molecule has 0 saturated heterocycles. The summed E-state index contributed by atoms with van der Waals surface area (Å²) in [5.41, 5.74) is 2.73. The van der Waals surface area contributed by atoms with Gasteiger partial charge in [-0.1, -0.05) is 12.1 Å². The van der Waals surface area contributed by atoms with Crippen LogP contribution in [0.4, 0.5) is 10.5 Å². The van der Waals surface area contributed by atoms with E-state index in [1.54, 1.807) is 0 Å². The number of urea groups is 1. The van der Waals surface area contributed by atoms with E-state index in [0.29, 0.717) is 5.69 Å². The third kappa shape index (κ3) is 3.42. The number of carbonyl (C=O) groups is 2. The van der Waals surface area contributed by atoms with E-state index in [1.807, 2.05) is 32.0 Å². The Bertz CT molecular complexity index is 400. The molecular formula is C11H14N2O2. The van der Waals surface area contributed by atoms with Crippen LogP contribution in [0.1, 0.15) is 18.1 Å². The number of anilines is 1. The molecule has 1 aromatic rings. The molecule has 0 spiro atoms. The Morgan fingerprint density at radius 3 is 2.47 bits per heavy atom. The number of nitrogens with one attached hydrogen (secondary N) is 2. The SMILES string of the molecule is CC(=O)NC(=O)Nc1cc(C)ccc1C. The van der Waals surface area contributed by atoms with Crippen LogP contribution in [0.3, 0.4) is 0 Å². The van der Waals surface area contributed by atoms with Crippen molar-refractivity contribution in [3.8, 4) is 0 Å². The van der Waals surface area contributed by atoms with Gasteiger partial charge in [0.2, 0.25) is 5.91 Å². The summed E-state index contributed by atoms with van der Waals surface area (Å²) in [5, 5.41) is 4.76. The summed E-state index contributed by atoms with van der Waals surface area (Å²) in [6.45, 7) is 5.12. The first-order valence-electron chi connectivity index (χ1n) is 4.65. The second-order valence-corrected chi connectivity index (χ2v) is 3.45. The molecule has 0 fully saturated rings. The van der Waals surface area contributed by atoms with Crippen LogP contribution in [0.2, 0.25) is 0 Å². The highest BCUT2D eigenvalue weighted by Gasteiger charge is 2.05. The van der Waals surface area contributed by atoms with E-state index in [-0.39, 0.29) is 5.91 Å². The molecule has 0 aliphatic rings. The van der Waals surface area contributed by atoms with Crippen molar-refractivity contribution in [2.75, 3.05) is 5.32 Å². The number of hydrogen-bond donors (Lipinski definition) is 2. The first kappa shape index (κ1) is 11.2. The van der Waals surface area contributed by atoms with Gasteiger partial charge in [0.05, 0.1) is 0 Å².